The van der Waals surface area contributed by atoms with E-state index in [9.17, 15) is 9.90 Å². The Kier molecular flexibility index (Phi) is 5.92. The summed E-state index contributed by atoms with van der Waals surface area (Å²) in [5, 5.41) is 11.2. The maximum Gasteiger partial charge on any atom is 0.347 e. The Morgan fingerprint density at radius 2 is 2.04 bits per heavy atom. The van der Waals surface area contributed by atoms with Crippen LogP contribution in [-0.2, 0) is 15.1 Å². The lowest BCUT2D eigenvalue weighted by Crippen LogP contribution is -2.53. The maximum absolute atomic E-state index is 12.9. The molecule has 4 nitrogen and oxygen atoms in total. The van der Waals surface area contributed by atoms with Gasteiger partial charge in [-0.25, -0.2) is 4.79 Å². The molecule has 3 aliphatic heterocycles. The lowest BCUT2D eigenvalue weighted by molar-refractivity contribution is -0.176. The van der Waals surface area contributed by atoms with Crippen molar-refractivity contribution >= 4 is 5.97 Å². The third-order valence-corrected chi connectivity index (χ3v) is 5.46. The van der Waals surface area contributed by atoms with Crippen molar-refractivity contribution in [1.82, 2.24) is 4.90 Å². The molecule has 1 aromatic carbocycles. The average Bonchev–Trinajstić information content (AvgIpc) is 2.66. The van der Waals surface area contributed by atoms with Gasteiger partial charge in [0.15, 0.2) is 0 Å². The molecule has 136 valence electrons. The Morgan fingerprint density at radius 3 is 2.64 bits per heavy atom. The molecule has 3 aliphatic rings. The monoisotopic (exact) mass is 343 g/mol. The van der Waals surface area contributed by atoms with Crippen LogP contribution in [0.1, 0.15) is 44.6 Å². The van der Waals surface area contributed by atoms with Crippen molar-refractivity contribution < 1.29 is 14.6 Å². The summed E-state index contributed by atoms with van der Waals surface area (Å²) in [7, 11) is 0. The second kappa shape index (κ2) is 8.15. The summed E-state index contributed by atoms with van der Waals surface area (Å²) in [4.78, 5) is 15.3. The van der Waals surface area contributed by atoms with Gasteiger partial charge in [0, 0.05) is 6.54 Å². The predicted molar refractivity (Wildman–Crippen MR) is 98.0 cm³/mol. The van der Waals surface area contributed by atoms with Crippen molar-refractivity contribution in [2.75, 3.05) is 19.6 Å². The third-order valence-electron chi connectivity index (χ3n) is 5.46. The Morgan fingerprint density at radius 1 is 1.32 bits per heavy atom. The molecule has 0 spiro atoms. The van der Waals surface area contributed by atoms with Gasteiger partial charge in [-0.05, 0) is 49.9 Å². The van der Waals surface area contributed by atoms with Crippen LogP contribution in [0.15, 0.2) is 42.5 Å². The van der Waals surface area contributed by atoms with Crippen LogP contribution in [0, 0.1) is 5.92 Å². The lowest BCUT2D eigenvalue weighted by Gasteiger charge is -2.44. The zero-order valence-electron chi connectivity index (χ0n) is 15.1. The smallest absolute Gasteiger partial charge is 0.347 e. The molecule has 0 unspecified atom stereocenters. The van der Waals surface area contributed by atoms with Crippen molar-refractivity contribution in [1.29, 1.82) is 0 Å². The highest BCUT2D eigenvalue weighted by Crippen LogP contribution is 2.32. The van der Waals surface area contributed by atoms with Crippen molar-refractivity contribution in [3.05, 3.63) is 48.0 Å². The molecule has 4 rings (SSSR count). The van der Waals surface area contributed by atoms with Crippen LogP contribution in [0.25, 0.3) is 0 Å². The van der Waals surface area contributed by atoms with Crippen LogP contribution < -0.4 is 0 Å². The summed E-state index contributed by atoms with van der Waals surface area (Å²) in [6.45, 7) is 5.11. The van der Waals surface area contributed by atoms with Crippen LogP contribution >= 0.6 is 0 Å². The molecule has 2 atom stereocenters. The number of ether oxygens (including phenoxy) is 1. The number of hydrogen-bond donors (Lipinski definition) is 1. The minimum atomic E-state index is -1.71. The SMILES string of the molecule is CCCC/C=C/[C@@](O)(C(=O)O[C@@H]1CN2CCC1CC2)c1ccccc1. The van der Waals surface area contributed by atoms with Crippen molar-refractivity contribution in [3.63, 3.8) is 0 Å². The predicted octanol–water partition coefficient (Wildman–Crippen LogP) is 3.26. The Labute approximate surface area is 150 Å². The molecule has 0 saturated carbocycles. The first-order valence-electron chi connectivity index (χ1n) is 9.52. The van der Waals surface area contributed by atoms with Crippen molar-refractivity contribution in [3.8, 4) is 0 Å². The number of esters is 1. The molecular formula is C21H29NO3. The van der Waals surface area contributed by atoms with Gasteiger partial charge in [-0.3, -0.25) is 4.90 Å². The van der Waals surface area contributed by atoms with Crippen molar-refractivity contribution in [2.24, 2.45) is 5.92 Å². The highest BCUT2D eigenvalue weighted by molar-refractivity contribution is 5.83. The van der Waals surface area contributed by atoms with Crippen LogP contribution in [0.2, 0.25) is 0 Å². The number of piperidine rings is 3. The van der Waals surface area contributed by atoms with Crippen LogP contribution in [0.3, 0.4) is 0 Å². The molecule has 3 saturated heterocycles. The molecule has 1 aromatic rings. The largest absolute Gasteiger partial charge is 0.458 e. The second-order valence-corrected chi connectivity index (χ2v) is 7.26. The summed E-state index contributed by atoms with van der Waals surface area (Å²) in [5.41, 5.74) is -1.14. The molecule has 0 radical (unpaired) electrons. The summed E-state index contributed by atoms with van der Waals surface area (Å²) in [6.07, 6.45) is 8.53. The van der Waals surface area contributed by atoms with Gasteiger partial charge >= 0.3 is 5.97 Å². The topological polar surface area (TPSA) is 49.8 Å². The fraction of sp³-hybridized carbons (Fsp3) is 0.571. The number of fused-ring (bicyclic) bond motifs is 3. The molecule has 0 amide bonds. The average molecular weight is 343 g/mol. The number of carbonyl (C=O) groups excluding carboxylic acids is 1. The number of aliphatic hydroxyl groups is 1. The van der Waals surface area contributed by atoms with Gasteiger partial charge in [0.2, 0.25) is 5.60 Å². The van der Waals surface area contributed by atoms with Crippen LogP contribution in [0.4, 0.5) is 0 Å². The first-order chi connectivity index (χ1) is 12.1. The number of unbranched alkanes of at least 4 members (excludes halogenated alkanes) is 2. The van der Waals surface area contributed by atoms with Gasteiger partial charge in [0.25, 0.3) is 0 Å². The Balaban J connectivity index is 1.76. The summed E-state index contributed by atoms with van der Waals surface area (Å²) in [6, 6.07) is 9.11. The number of hydrogen-bond acceptors (Lipinski definition) is 4. The first kappa shape index (κ1) is 18.2. The van der Waals surface area contributed by atoms with Crippen LogP contribution in [0.5, 0.6) is 0 Å². The number of rotatable bonds is 7. The van der Waals surface area contributed by atoms with Gasteiger partial charge in [0.05, 0.1) is 0 Å². The standard InChI is InChI=1S/C21H29NO3/c1-2-3-4-8-13-21(24,18-9-6-5-7-10-18)20(23)25-19-16-22-14-11-17(19)12-15-22/h5-10,13,17,19,24H,2-4,11-12,14-16H2,1H3/b13-8+/t19-,21+/m1/s1. The van der Waals surface area contributed by atoms with E-state index < -0.39 is 11.6 Å². The molecule has 2 bridgehead atoms. The molecule has 1 N–H and O–H groups in total. The summed E-state index contributed by atoms with van der Waals surface area (Å²) < 4.78 is 5.82. The van der Waals surface area contributed by atoms with Crippen LogP contribution in [-0.4, -0.2) is 41.7 Å². The van der Waals surface area contributed by atoms with E-state index in [1.165, 1.54) is 0 Å². The molecule has 3 fully saturated rings. The van der Waals surface area contributed by atoms with E-state index in [1.807, 2.05) is 24.3 Å². The van der Waals surface area contributed by atoms with Gasteiger partial charge in [-0.1, -0.05) is 56.2 Å². The Bertz CT molecular complexity index is 592. The number of nitrogens with zero attached hydrogens (tertiary/aromatic N) is 1. The fourth-order valence-corrected chi connectivity index (χ4v) is 3.82. The maximum atomic E-state index is 12.9. The zero-order valence-corrected chi connectivity index (χ0v) is 15.1. The third kappa shape index (κ3) is 4.13. The molecular weight excluding hydrogens is 314 g/mol. The van der Waals surface area contributed by atoms with Crippen molar-refractivity contribution in [2.45, 2.75) is 50.7 Å². The van der Waals surface area contributed by atoms with Gasteiger partial charge < -0.3 is 9.84 Å². The normalized spacial score (nSPS) is 28.0. The quantitative estimate of drug-likeness (QED) is 0.469. The van der Waals surface area contributed by atoms with Gasteiger partial charge in [0.1, 0.15) is 6.10 Å². The highest BCUT2D eigenvalue weighted by Gasteiger charge is 2.42. The van der Waals surface area contributed by atoms with E-state index in [1.54, 1.807) is 18.2 Å². The number of allylic oxidation sites excluding steroid dienone is 1. The van der Waals surface area contributed by atoms with E-state index in [2.05, 4.69) is 11.8 Å². The van der Waals surface area contributed by atoms with Gasteiger partial charge in [-0.2, -0.15) is 0 Å². The minimum Gasteiger partial charge on any atom is -0.458 e. The summed E-state index contributed by atoms with van der Waals surface area (Å²) >= 11 is 0. The van der Waals surface area contributed by atoms with E-state index in [0.29, 0.717) is 11.5 Å². The summed E-state index contributed by atoms with van der Waals surface area (Å²) in [5.74, 6) is -0.122. The molecule has 0 aromatic heterocycles. The van der Waals surface area contributed by atoms with E-state index in [4.69, 9.17) is 4.74 Å². The Hall–Kier alpha value is -1.65. The molecule has 0 aliphatic carbocycles. The van der Waals surface area contributed by atoms with E-state index in [-0.39, 0.29) is 6.10 Å². The fourth-order valence-electron chi connectivity index (χ4n) is 3.82. The molecule has 25 heavy (non-hydrogen) atoms. The molecule has 4 heteroatoms. The zero-order chi connectivity index (χ0) is 17.7. The number of benzene rings is 1. The van der Waals surface area contributed by atoms with Gasteiger partial charge in [-0.15, -0.1) is 0 Å². The highest BCUT2D eigenvalue weighted by atomic mass is 16.6. The second-order valence-electron chi connectivity index (χ2n) is 7.26. The first-order valence-corrected chi connectivity index (χ1v) is 9.52. The van der Waals surface area contributed by atoms with E-state index in [0.717, 1.165) is 51.7 Å². The number of carbonyl (C=O) groups is 1. The lowest BCUT2D eigenvalue weighted by atomic mass is 9.85. The van der Waals surface area contributed by atoms with E-state index >= 15 is 0 Å². The molecule has 3 heterocycles. The minimum absolute atomic E-state index is 0.103.